The number of nitrogens with zero attached hydrogens (tertiary/aromatic N) is 4. The predicted molar refractivity (Wildman–Crippen MR) is 77.8 cm³/mol. The zero-order valence-corrected chi connectivity index (χ0v) is 11.5. The fourth-order valence-corrected chi connectivity index (χ4v) is 2.57. The van der Waals surface area contributed by atoms with E-state index in [0.717, 1.165) is 17.9 Å². The number of carbonyl (C=O) groups excluding carboxylic acids is 1. The standard InChI is InChI=1S/C13H13N5OS/c19-12(17-13-15-5-6-20-13)11-3-1-10(2-4-11)7-18-9-14-8-16-18/h1-4,8-9H,5-7H2,(H,15,17,19). The van der Waals surface area contributed by atoms with E-state index < -0.39 is 0 Å². The number of amidine groups is 1. The molecule has 1 aromatic heterocycles. The average molecular weight is 287 g/mol. The summed E-state index contributed by atoms with van der Waals surface area (Å²) in [5, 5.41) is 7.56. The molecule has 0 bridgehead atoms. The molecule has 1 amide bonds. The molecule has 0 spiro atoms. The van der Waals surface area contributed by atoms with Gasteiger partial charge in [0.2, 0.25) is 0 Å². The Morgan fingerprint density at radius 2 is 2.20 bits per heavy atom. The van der Waals surface area contributed by atoms with Crippen LogP contribution in [0.3, 0.4) is 0 Å². The van der Waals surface area contributed by atoms with Gasteiger partial charge in [-0.05, 0) is 17.7 Å². The van der Waals surface area contributed by atoms with Gasteiger partial charge in [-0.2, -0.15) is 5.10 Å². The summed E-state index contributed by atoms with van der Waals surface area (Å²) >= 11 is 1.57. The molecule has 3 rings (SSSR count). The van der Waals surface area contributed by atoms with E-state index in [1.807, 2.05) is 24.3 Å². The Kier molecular flexibility index (Phi) is 3.78. The minimum absolute atomic E-state index is 0.120. The molecule has 2 aromatic rings. The summed E-state index contributed by atoms with van der Waals surface area (Å²) in [4.78, 5) is 20.1. The second-order valence-electron chi connectivity index (χ2n) is 4.28. The molecule has 0 fully saturated rings. The molecule has 1 aliphatic rings. The Morgan fingerprint density at radius 1 is 1.35 bits per heavy atom. The molecule has 0 radical (unpaired) electrons. The van der Waals surface area contributed by atoms with Crippen LogP contribution in [-0.2, 0) is 6.54 Å². The van der Waals surface area contributed by atoms with E-state index in [9.17, 15) is 4.79 Å². The first-order valence-electron chi connectivity index (χ1n) is 6.21. The molecule has 7 heteroatoms. The van der Waals surface area contributed by atoms with Crippen molar-refractivity contribution in [2.75, 3.05) is 12.3 Å². The molecular formula is C13H13N5OS. The number of amides is 1. The average Bonchev–Trinajstić information content (AvgIpc) is 3.13. The maximum absolute atomic E-state index is 12.0. The molecule has 1 N–H and O–H groups in total. The summed E-state index contributed by atoms with van der Waals surface area (Å²) in [6, 6.07) is 7.45. The smallest absolute Gasteiger partial charge is 0.257 e. The topological polar surface area (TPSA) is 72.2 Å². The summed E-state index contributed by atoms with van der Waals surface area (Å²) in [5.41, 5.74) is 1.70. The molecule has 2 heterocycles. The fourth-order valence-electron chi connectivity index (χ4n) is 1.84. The van der Waals surface area contributed by atoms with Gasteiger partial charge in [0, 0.05) is 11.3 Å². The van der Waals surface area contributed by atoms with E-state index in [1.54, 1.807) is 22.8 Å². The SMILES string of the molecule is O=C(NC1=NCCS1)c1ccc(Cn2cncn2)cc1. The first kappa shape index (κ1) is 12.9. The lowest BCUT2D eigenvalue weighted by molar-refractivity contribution is 0.0978. The molecule has 0 saturated heterocycles. The second-order valence-corrected chi connectivity index (χ2v) is 5.36. The third-order valence-corrected chi connectivity index (χ3v) is 3.72. The molecule has 1 aromatic carbocycles. The molecule has 102 valence electrons. The fraction of sp³-hybridized carbons (Fsp3) is 0.231. The Morgan fingerprint density at radius 3 is 2.85 bits per heavy atom. The lowest BCUT2D eigenvalue weighted by atomic mass is 10.1. The largest absolute Gasteiger partial charge is 0.301 e. The summed E-state index contributed by atoms with van der Waals surface area (Å²) in [6.07, 6.45) is 3.16. The highest BCUT2D eigenvalue weighted by molar-refractivity contribution is 8.14. The van der Waals surface area contributed by atoms with E-state index >= 15 is 0 Å². The number of carbonyl (C=O) groups is 1. The van der Waals surface area contributed by atoms with E-state index in [1.165, 1.54) is 6.33 Å². The van der Waals surface area contributed by atoms with Crippen LogP contribution in [0.25, 0.3) is 0 Å². The van der Waals surface area contributed by atoms with E-state index in [0.29, 0.717) is 17.3 Å². The highest BCUT2D eigenvalue weighted by atomic mass is 32.2. The van der Waals surface area contributed by atoms with E-state index in [-0.39, 0.29) is 5.91 Å². The van der Waals surface area contributed by atoms with Crippen LogP contribution in [-0.4, -0.2) is 38.1 Å². The molecule has 20 heavy (non-hydrogen) atoms. The molecule has 0 unspecified atom stereocenters. The molecule has 1 aliphatic heterocycles. The maximum atomic E-state index is 12.0. The summed E-state index contributed by atoms with van der Waals surface area (Å²) in [7, 11) is 0. The van der Waals surface area contributed by atoms with Crippen LogP contribution in [0.5, 0.6) is 0 Å². The van der Waals surface area contributed by atoms with Crippen LogP contribution in [0.1, 0.15) is 15.9 Å². The Bertz CT molecular complexity index is 621. The number of aromatic nitrogens is 3. The summed E-state index contributed by atoms with van der Waals surface area (Å²) < 4.78 is 1.74. The Balaban J connectivity index is 1.64. The number of hydrogen-bond donors (Lipinski definition) is 1. The maximum Gasteiger partial charge on any atom is 0.257 e. The van der Waals surface area contributed by atoms with Gasteiger partial charge in [-0.3, -0.25) is 9.79 Å². The lowest BCUT2D eigenvalue weighted by Crippen LogP contribution is -2.27. The number of thioether (sulfide) groups is 1. The van der Waals surface area contributed by atoms with Crippen molar-refractivity contribution in [1.29, 1.82) is 0 Å². The minimum Gasteiger partial charge on any atom is -0.301 e. The van der Waals surface area contributed by atoms with Crippen LogP contribution in [0.2, 0.25) is 0 Å². The Labute approximate surface area is 120 Å². The van der Waals surface area contributed by atoms with Crippen LogP contribution < -0.4 is 5.32 Å². The van der Waals surface area contributed by atoms with Gasteiger partial charge in [-0.15, -0.1) is 0 Å². The van der Waals surface area contributed by atoms with Crippen LogP contribution in [0.15, 0.2) is 41.9 Å². The van der Waals surface area contributed by atoms with Crippen molar-refractivity contribution in [1.82, 2.24) is 20.1 Å². The van der Waals surface area contributed by atoms with Crippen LogP contribution in [0.4, 0.5) is 0 Å². The van der Waals surface area contributed by atoms with Crippen molar-refractivity contribution >= 4 is 22.8 Å². The predicted octanol–water partition coefficient (Wildman–Crippen LogP) is 1.16. The molecule has 0 atom stereocenters. The van der Waals surface area contributed by atoms with Crippen molar-refractivity contribution in [2.24, 2.45) is 4.99 Å². The zero-order valence-electron chi connectivity index (χ0n) is 10.7. The monoisotopic (exact) mass is 287 g/mol. The van der Waals surface area contributed by atoms with Crippen LogP contribution >= 0.6 is 11.8 Å². The molecule has 0 aliphatic carbocycles. The van der Waals surface area contributed by atoms with Gasteiger partial charge in [0.15, 0.2) is 5.17 Å². The number of benzene rings is 1. The first-order valence-corrected chi connectivity index (χ1v) is 7.20. The van der Waals surface area contributed by atoms with E-state index in [2.05, 4.69) is 20.4 Å². The Hall–Kier alpha value is -2.15. The number of aliphatic imine (C=N–C) groups is 1. The quantitative estimate of drug-likeness (QED) is 0.919. The highest BCUT2D eigenvalue weighted by Gasteiger charge is 2.12. The van der Waals surface area contributed by atoms with Gasteiger partial charge in [-0.25, -0.2) is 9.67 Å². The second kappa shape index (κ2) is 5.87. The van der Waals surface area contributed by atoms with Gasteiger partial charge in [0.1, 0.15) is 12.7 Å². The van der Waals surface area contributed by atoms with Crippen molar-refractivity contribution in [3.63, 3.8) is 0 Å². The summed E-state index contributed by atoms with van der Waals surface area (Å²) in [6.45, 7) is 1.42. The van der Waals surface area contributed by atoms with Gasteiger partial charge >= 0.3 is 0 Å². The highest BCUT2D eigenvalue weighted by Crippen LogP contribution is 2.11. The summed E-state index contributed by atoms with van der Waals surface area (Å²) in [5.74, 6) is 0.817. The van der Waals surface area contributed by atoms with Gasteiger partial charge in [0.25, 0.3) is 5.91 Å². The molecule has 0 saturated carbocycles. The van der Waals surface area contributed by atoms with Crippen molar-refractivity contribution in [2.45, 2.75) is 6.54 Å². The van der Waals surface area contributed by atoms with E-state index in [4.69, 9.17) is 0 Å². The molecule has 6 nitrogen and oxygen atoms in total. The third kappa shape index (κ3) is 3.05. The van der Waals surface area contributed by atoms with Crippen molar-refractivity contribution < 1.29 is 4.79 Å². The number of nitrogens with one attached hydrogen (secondary N) is 1. The number of hydrogen-bond acceptors (Lipinski definition) is 5. The normalized spacial score (nSPS) is 14.1. The van der Waals surface area contributed by atoms with Gasteiger partial charge in [0.05, 0.1) is 13.1 Å². The van der Waals surface area contributed by atoms with Crippen molar-refractivity contribution in [3.05, 3.63) is 48.0 Å². The third-order valence-electron chi connectivity index (χ3n) is 2.83. The van der Waals surface area contributed by atoms with Gasteiger partial charge < -0.3 is 5.32 Å². The van der Waals surface area contributed by atoms with Crippen LogP contribution in [0, 0.1) is 0 Å². The van der Waals surface area contributed by atoms with Crippen molar-refractivity contribution in [3.8, 4) is 0 Å². The first-order chi connectivity index (χ1) is 9.81. The minimum atomic E-state index is -0.120. The van der Waals surface area contributed by atoms with Gasteiger partial charge in [-0.1, -0.05) is 23.9 Å². The number of rotatable bonds is 3. The zero-order chi connectivity index (χ0) is 13.8. The lowest BCUT2D eigenvalue weighted by Gasteiger charge is -2.05. The molecular weight excluding hydrogens is 274 g/mol.